The Labute approximate surface area is 158 Å². The summed E-state index contributed by atoms with van der Waals surface area (Å²) in [5.74, 6) is -1.37. The normalized spacial score (nSPS) is 13.1. The van der Waals surface area contributed by atoms with Gasteiger partial charge in [-0.15, -0.1) is 11.3 Å². The standard InChI is InChI=1S/C18H12F3N3OS2/c19-18(20,21)9-27(25)12-2-3-14-13(8-12)15(5-6-22-14)24-11-1-4-17-16(7-11)23-10-26-17/h1-8,10H,9H2,(H,22,24). The zero-order valence-corrected chi connectivity index (χ0v) is 15.3. The maximum atomic E-state index is 12.6. The van der Waals surface area contributed by atoms with Crippen LogP contribution in [-0.4, -0.2) is 26.1 Å². The van der Waals surface area contributed by atoms with E-state index in [0.717, 1.165) is 15.9 Å². The van der Waals surface area contributed by atoms with E-state index < -0.39 is 22.7 Å². The lowest BCUT2D eigenvalue weighted by Gasteiger charge is -2.11. The van der Waals surface area contributed by atoms with Crippen molar-refractivity contribution in [1.82, 2.24) is 9.97 Å². The molecular formula is C18H12F3N3OS2. The molecule has 0 aliphatic heterocycles. The fraction of sp³-hybridized carbons (Fsp3) is 0.111. The molecule has 0 aliphatic rings. The van der Waals surface area contributed by atoms with Crippen LogP contribution in [0.4, 0.5) is 24.5 Å². The first-order valence-electron chi connectivity index (χ1n) is 7.83. The lowest BCUT2D eigenvalue weighted by atomic mass is 10.2. The number of hydrogen-bond donors (Lipinski definition) is 1. The number of hydrogen-bond acceptors (Lipinski definition) is 5. The van der Waals surface area contributed by atoms with Crippen LogP contribution in [0.1, 0.15) is 0 Å². The SMILES string of the molecule is O=S(CC(F)(F)F)c1ccc2nccc(Nc3ccc4scnc4c3)c2c1. The molecule has 2 aromatic carbocycles. The Balaban J connectivity index is 1.71. The molecule has 9 heteroatoms. The van der Waals surface area contributed by atoms with Crippen LogP contribution >= 0.6 is 11.3 Å². The molecule has 4 nitrogen and oxygen atoms in total. The summed E-state index contributed by atoms with van der Waals surface area (Å²) in [5, 5.41) is 3.85. The van der Waals surface area contributed by atoms with Crippen molar-refractivity contribution in [1.29, 1.82) is 0 Å². The van der Waals surface area contributed by atoms with E-state index in [2.05, 4.69) is 15.3 Å². The van der Waals surface area contributed by atoms with Crippen molar-refractivity contribution in [3.05, 3.63) is 54.2 Å². The van der Waals surface area contributed by atoms with Crippen molar-refractivity contribution >= 4 is 54.6 Å². The molecule has 138 valence electrons. The van der Waals surface area contributed by atoms with Gasteiger partial charge in [-0.05, 0) is 42.5 Å². The average Bonchev–Trinajstić information content (AvgIpc) is 3.08. The minimum Gasteiger partial charge on any atom is -0.355 e. The fourth-order valence-corrected chi connectivity index (χ4v) is 4.29. The highest BCUT2D eigenvalue weighted by Crippen LogP contribution is 2.30. The van der Waals surface area contributed by atoms with Gasteiger partial charge in [0.15, 0.2) is 0 Å². The number of pyridine rings is 1. The van der Waals surface area contributed by atoms with Crippen LogP contribution in [0.2, 0.25) is 0 Å². The number of benzene rings is 2. The summed E-state index contributed by atoms with van der Waals surface area (Å²) in [6.07, 6.45) is -2.88. The molecule has 0 spiro atoms. The van der Waals surface area contributed by atoms with E-state index in [1.54, 1.807) is 23.8 Å². The lowest BCUT2D eigenvalue weighted by Crippen LogP contribution is -2.18. The van der Waals surface area contributed by atoms with Crippen LogP contribution in [0.25, 0.3) is 21.1 Å². The van der Waals surface area contributed by atoms with Crippen LogP contribution in [0.5, 0.6) is 0 Å². The highest BCUT2D eigenvalue weighted by atomic mass is 32.2. The molecule has 4 aromatic rings. The second-order valence-electron chi connectivity index (χ2n) is 5.80. The van der Waals surface area contributed by atoms with Crippen molar-refractivity contribution < 1.29 is 17.4 Å². The first-order chi connectivity index (χ1) is 12.9. The van der Waals surface area contributed by atoms with Gasteiger partial charge in [0.25, 0.3) is 0 Å². The average molecular weight is 407 g/mol. The van der Waals surface area contributed by atoms with Crippen molar-refractivity contribution in [3.8, 4) is 0 Å². The Morgan fingerprint density at radius 2 is 1.89 bits per heavy atom. The van der Waals surface area contributed by atoms with E-state index in [-0.39, 0.29) is 4.90 Å². The topological polar surface area (TPSA) is 54.9 Å². The van der Waals surface area contributed by atoms with Crippen LogP contribution in [-0.2, 0) is 10.8 Å². The third-order valence-electron chi connectivity index (χ3n) is 3.88. The van der Waals surface area contributed by atoms with Gasteiger partial charge in [0, 0.05) is 27.9 Å². The zero-order valence-electron chi connectivity index (χ0n) is 13.7. The Hall–Kier alpha value is -2.52. The van der Waals surface area contributed by atoms with Crippen LogP contribution in [0.3, 0.4) is 0 Å². The molecule has 2 aromatic heterocycles. The summed E-state index contributed by atoms with van der Waals surface area (Å²) in [6.45, 7) is 0. The molecule has 0 amide bonds. The fourth-order valence-electron chi connectivity index (χ4n) is 2.70. The van der Waals surface area contributed by atoms with E-state index in [9.17, 15) is 17.4 Å². The predicted molar refractivity (Wildman–Crippen MR) is 102 cm³/mol. The lowest BCUT2D eigenvalue weighted by molar-refractivity contribution is -0.105. The maximum Gasteiger partial charge on any atom is 0.400 e. The Bertz CT molecular complexity index is 1160. The van der Waals surface area contributed by atoms with Crippen LogP contribution in [0, 0.1) is 0 Å². The minimum absolute atomic E-state index is 0.117. The largest absolute Gasteiger partial charge is 0.400 e. The number of halogens is 3. The molecule has 1 N–H and O–H groups in total. The summed E-state index contributed by atoms with van der Waals surface area (Å²) in [4.78, 5) is 8.62. The van der Waals surface area contributed by atoms with Gasteiger partial charge in [-0.3, -0.25) is 9.19 Å². The summed E-state index contributed by atoms with van der Waals surface area (Å²) in [7, 11) is -2.17. The first kappa shape index (κ1) is 17.9. The van der Waals surface area contributed by atoms with E-state index in [1.165, 1.54) is 23.5 Å². The molecular weight excluding hydrogens is 395 g/mol. The van der Waals surface area contributed by atoms with Crippen LogP contribution in [0.15, 0.2) is 59.1 Å². The van der Waals surface area contributed by atoms with Gasteiger partial charge in [0.2, 0.25) is 0 Å². The van der Waals surface area contributed by atoms with E-state index >= 15 is 0 Å². The van der Waals surface area contributed by atoms with Gasteiger partial charge in [-0.1, -0.05) is 0 Å². The van der Waals surface area contributed by atoms with Gasteiger partial charge in [-0.25, -0.2) is 4.98 Å². The molecule has 2 heterocycles. The number of nitrogens with one attached hydrogen (secondary N) is 1. The number of thiazole rings is 1. The van der Waals surface area contributed by atoms with Crippen molar-refractivity contribution in [2.45, 2.75) is 11.1 Å². The van der Waals surface area contributed by atoms with E-state index in [0.29, 0.717) is 16.6 Å². The van der Waals surface area contributed by atoms with E-state index in [4.69, 9.17) is 0 Å². The number of rotatable bonds is 4. The number of anilines is 2. The third-order valence-corrected chi connectivity index (χ3v) is 6.06. The molecule has 0 saturated carbocycles. The predicted octanol–water partition coefficient (Wildman–Crippen LogP) is 5.26. The molecule has 0 radical (unpaired) electrons. The zero-order chi connectivity index (χ0) is 19.0. The maximum absolute atomic E-state index is 12.6. The van der Waals surface area contributed by atoms with Crippen molar-refractivity contribution in [2.75, 3.05) is 11.1 Å². The van der Waals surface area contributed by atoms with Gasteiger partial charge in [0.05, 0.1) is 32.0 Å². The molecule has 27 heavy (non-hydrogen) atoms. The summed E-state index contributed by atoms with van der Waals surface area (Å²) in [5.41, 5.74) is 4.68. The quantitative estimate of drug-likeness (QED) is 0.502. The second-order valence-corrected chi connectivity index (χ2v) is 8.14. The third kappa shape index (κ3) is 3.93. The van der Waals surface area contributed by atoms with Crippen molar-refractivity contribution in [2.24, 2.45) is 0 Å². The van der Waals surface area contributed by atoms with Gasteiger partial charge in [0.1, 0.15) is 5.75 Å². The number of alkyl halides is 3. The Morgan fingerprint density at radius 3 is 2.70 bits per heavy atom. The summed E-state index contributed by atoms with van der Waals surface area (Å²) >= 11 is 1.54. The molecule has 1 unspecified atom stereocenters. The molecule has 0 bridgehead atoms. The van der Waals surface area contributed by atoms with Gasteiger partial charge in [-0.2, -0.15) is 13.2 Å². The number of aromatic nitrogens is 2. The highest BCUT2D eigenvalue weighted by Gasteiger charge is 2.31. The molecule has 1 atom stereocenters. The Morgan fingerprint density at radius 1 is 1.04 bits per heavy atom. The van der Waals surface area contributed by atoms with Gasteiger partial charge >= 0.3 is 6.18 Å². The second kappa shape index (κ2) is 6.90. The minimum atomic E-state index is -4.49. The number of nitrogens with zero attached hydrogens (tertiary/aromatic N) is 2. The molecule has 0 aliphatic carbocycles. The van der Waals surface area contributed by atoms with Crippen molar-refractivity contribution in [3.63, 3.8) is 0 Å². The number of fused-ring (bicyclic) bond motifs is 2. The smallest absolute Gasteiger partial charge is 0.355 e. The summed E-state index contributed by atoms with van der Waals surface area (Å²) < 4.78 is 50.7. The monoisotopic (exact) mass is 407 g/mol. The van der Waals surface area contributed by atoms with Crippen LogP contribution < -0.4 is 5.32 Å². The molecule has 4 rings (SSSR count). The summed E-state index contributed by atoms with van der Waals surface area (Å²) in [6, 6.07) is 12.0. The Kier molecular flexibility index (Phi) is 4.56. The molecule has 0 saturated heterocycles. The molecule has 0 fully saturated rings. The van der Waals surface area contributed by atoms with E-state index in [1.807, 2.05) is 18.2 Å². The highest BCUT2D eigenvalue weighted by molar-refractivity contribution is 7.85. The first-order valence-corrected chi connectivity index (χ1v) is 10.0. The van der Waals surface area contributed by atoms with Gasteiger partial charge < -0.3 is 5.32 Å².